The van der Waals surface area contributed by atoms with Crippen molar-refractivity contribution in [1.82, 2.24) is 4.90 Å². The zero-order valence-corrected chi connectivity index (χ0v) is 14.9. The minimum Gasteiger partial charge on any atom is -0.334 e. The molecule has 122 valence electrons. The van der Waals surface area contributed by atoms with Gasteiger partial charge in [-0.1, -0.05) is 33.8 Å². The normalized spacial score (nSPS) is 10.9. The Morgan fingerprint density at radius 3 is 2.23 bits per heavy atom. The molecule has 22 heavy (non-hydrogen) atoms. The van der Waals surface area contributed by atoms with Crippen molar-refractivity contribution in [2.24, 2.45) is 11.8 Å². The van der Waals surface area contributed by atoms with Crippen LogP contribution < -0.4 is 5.32 Å². The van der Waals surface area contributed by atoms with Crippen LogP contribution in [0.2, 0.25) is 0 Å². The highest BCUT2D eigenvalue weighted by Gasteiger charge is 2.23. The van der Waals surface area contributed by atoms with Crippen LogP contribution >= 0.6 is 11.8 Å². The quantitative estimate of drug-likeness (QED) is 0.644. The number of nitrogens with zero attached hydrogens (tertiary/aromatic N) is 1. The lowest BCUT2D eigenvalue weighted by molar-refractivity contribution is -0.143. The number of amides is 2. The standard InChI is InChI=1S/C17H26N2O2S/c1-12(2)10-19(11-13(3)4)17(21)16(20)18-14-7-6-8-15(9-14)22-5/h6-9,12-13H,10-11H2,1-5H3,(H,18,20). The summed E-state index contributed by atoms with van der Waals surface area (Å²) in [6, 6.07) is 7.49. The number of thioether (sulfide) groups is 1. The van der Waals surface area contributed by atoms with E-state index in [1.165, 1.54) is 0 Å². The van der Waals surface area contributed by atoms with E-state index in [-0.39, 0.29) is 0 Å². The Hall–Kier alpha value is -1.49. The van der Waals surface area contributed by atoms with Gasteiger partial charge in [0.2, 0.25) is 0 Å². The van der Waals surface area contributed by atoms with Gasteiger partial charge in [-0.15, -0.1) is 11.8 Å². The minimum atomic E-state index is -0.570. The summed E-state index contributed by atoms with van der Waals surface area (Å²) in [5.74, 6) is -0.373. The fourth-order valence-corrected chi connectivity index (χ4v) is 2.61. The van der Waals surface area contributed by atoms with Crippen LogP contribution in [0.15, 0.2) is 29.2 Å². The second-order valence-electron chi connectivity index (χ2n) is 6.18. The van der Waals surface area contributed by atoms with Crippen molar-refractivity contribution in [2.45, 2.75) is 32.6 Å². The molecule has 0 aliphatic heterocycles. The van der Waals surface area contributed by atoms with Crippen LogP contribution in [0.3, 0.4) is 0 Å². The summed E-state index contributed by atoms with van der Waals surface area (Å²) < 4.78 is 0. The van der Waals surface area contributed by atoms with E-state index in [4.69, 9.17) is 0 Å². The summed E-state index contributed by atoms with van der Waals surface area (Å²) >= 11 is 1.59. The molecule has 0 heterocycles. The van der Waals surface area contributed by atoms with Gasteiger partial charge < -0.3 is 10.2 Å². The second-order valence-corrected chi connectivity index (χ2v) is 7.06. The highest BCUT2D eigenvalue weighted by atomic mass is 32.2. The molecule has 0 aromatic heterocycles. The van der Waals surface area contributed by atoms with Gasteiger partial charge in [-0.25, -0.2) is 0 Å². The maximum atomic E-state index is 12.4. The summed E-state index contributed by atoms with van der Waals surface area (Å²) in [5.41, 5.74) is 0.652. The van der Waals surface area contributed by atoms with Gasteiger partial charge in [-0.2, -0.15) is 0 Å². The van der Waals surface area contributed by atoms with Crippen LogP contribution in [0.1, 0.15) is 27.7 Å². The van der Waals surface area contributed by atoms with E-state index in [0.29, 0.717) is 30.6 Å². The predicted molar refractivity (Wildman–Crippen MR) is 93.1 cm³/mol. The number of hydrogen-bond acceptors (Lipinski definition) is 3. The predicted octanol–water partition coefficient (Wildman–Crippen LogP) is 3.49. The first-order valence-electron chi connectivity index (χ1n) is 7.57. The van der Waals surface area contributed by atoms with Gasteiger partial charge in [0.1, 0.15) is 0 Å². The van der Waals surface area contributed by atoms with Crippen LogP contribution in [0.5, 0.6) is 0 Å². The zero-order valence-electron chi connectivity index (χ0n) is 14.1. The molecule has 1 aromatic rings. The molecular weight excluding hydrogens is 296 g/mol. The molecule has 0 radical (unpaired) electrons. The van der Waals surface area contributed by atoms with Gasteiger partial charge in [0.15, 0.2) is 0 Å². The van der Waals surface area contributed by atoms with E-state index in [2.05, 4.69) is 5.32 Å². The maximum absolute atomic E-state index is 12.4. The molecule has 0 unspecified atom stereocenters. The Morgan fingerprint density at radius 1 is 1.14 bits per heavy atom. The highest BCUT2D eigenvalue weighted by Crippen LogP contribution is 2.19. The summed E-state index contributed by atoms with van der Waals surface area (Å²) in [6.07, 6.45) is 1.97. The zero-order chi connectivity index (χ0) is 16.7. The van der Waals surface area contributed by atoms with Crippen molar-refractivity contribution in [3.05, 3.63) is 24.3 Å². The van der Waals surface area contributed by atoms with Gasteiger partial charge in [0.05, 0.1) is 0 Å². The van der Waals surface area contributed by atoms with Crippen molar-refractivity contribution in [1.29, 1.82) is 0 Å². The number of anilines is 1. The first-order chi connectivity index (χ1) is 10.3. The molecule has 0 fully saturated rings. The third-order valence-electron chi connectivity index (χ3n) is 2.98. The highest BCUT2D eigenvalue weighted by molar-refractivity contribution is 7.98. The minimum absolute atomic E-state index is 0.329. The van der Waals surface area contributed by atoms with Gasteiger partial charge in [0.25, 0.3) is 0 Å². The van der Waals surface area contributed by atoms with Crippen LogP contribution in [-0.2, 0) is 9.59 Å². The monoisotopic (exact) mass is 322 g/mol. The fourth-order valence-electron chi connectivity index (χ4n) is 2.15. The van der Waals surface area contributed by atoms with E-state index in [9.17, 15) is 9.59 Å². The molecule has 0 bridgehead atoms. The number of benzene rings is 1. The molecule has 1 aromatic carbocycles. The number of hydrogen-bond donors (Lipinski definition) is 1. The molecule has 0 saturated carbocycles. The van der Waals surface area contributed by atoms with E-state index >= 15 is 0 Å². The first kappa shape index (κ1) is 18.6. The first-order valence-corrected chi connectivity index (χ1v) is 8.80. The number of carbonyl (C=O) groups is 2. The molecular formula is C17H26N2O2S. The van der Waals surface area contributed by atoms with Crippen molar-refractivity contribution >= 4 is 29.3 Å². The van der Waals surface area contributed by atoms with Crippen LogP contribution in [0.25, 0.3) is 0 Å². The molecule has 5 heteroatoms. The number of carbonyl (C=O) groups excluding carboxylic acids is 2. The van der Waals surface area contributed by atoms with Gasteiger partial charge >= 0.3 is 11.8 Å². The van der Waals surface area contributed by atoms with Crippen LogP contribution in [0.4, 0.5) is 5.69 Å². The van der Waals surface area contributed by atoms with Gasteiger partial charge in [0, 0.05) is 23.7 Å². The van der Waals surface area contributed by atoms with E-state index in [1.807, 2.05) is 52.1 Å². The van der Waals surface area contributed by atoms with Crippen molar-refractivity contribution in [3.63, 3.8) is 0 Å². The largest absolute Gasteiger partial charge is 0.334 e. The maximum Gasteiger partial charge on any atom is 0.313 e. The van der Waals surface area contributed by atoms with Crippen LogP contribution in [0, 0.1) is 11.8 Å². The Bertz CT molecular complexity index is 505. The van der Waals surface area contributed by atoms with Crippen molar-refractivity contribution < 1.29 is 9.59 Å². The third kappa shape index (κ3) is 6.10. The Kier molecular flexibility index (Phi) is 7.45. The SMILES string of the molecule is CSc1cccc(NC(=O)C(=O)N(CC(C)C)CC(C)C)c1. The summed E-state index contributed by atoms with van der Waals surface area (Å²) in [5, 5.41) is 2.70. The molecule has 2 amide bonds. The summed E-state index contributed by atoms with van der Waals surface area (Å²) in [7, 11) is 0. The lowest BCUT2D eigenvalue weighted by Crippen LogP contribution is -2.43. The smallest absolute Gasteiger partial charge is 0.313 e. The lowest BCUT2D eigenvalue weighted by atomic mass is 10.1. The molecule has 1 rings (SSSR count). The number of nitrogens with one attached hydrogen (secondary N) is 1. The Morgan fingerprint density at radius 2 is 1.73 bits per heavy atom. The Balaban J connectivity index is 2.77. The molecule has 0 saturated heterocycles. The Labute approximate surface area is 137 Å². The topological polar surface area (TPSA) is 49.4 Å². The molecule has 0 atom stereocenters. The number of rotatable bonds is 6. The van der Waals surface area contributed by atoms with Crippen molar-refractivity contribution in [3.8, 4) is 0 Å². The van der Waals surface area contributed by atoms with E-state index in [0.717, 1.165) is 4.90 Å². The molecule has 0 spiro atoms. The third-order valence-corrected chi connectivity index (χ3v) is 3.71. The van der Waals surface area contributed by atoms with Gasteiger partial charge in [-0.05, 0) is 36.3 Å². The molecule has 1 N–H and O–H groups in total. The van der Waals surface area contributed by atoms with E-state index in [1.54, 1.807) is 22.7 Å². The molecule has 0 aliphatic rings. The lowest BCUT2D eigenvalue weighted by Gasteiger charge is -2.25. The summed E-state index contributed by atoms with van der Waals surface area (Å²) in [4.78, 5) is 27.3. The molecule has 0 aliphatic carbocycles. The molecule has 4 nitrogen and oxygen atoms in total. The average Bonchev–Trinajstić information content (AvgIpc) is 2.45. The fraction of sp³-hybridized carbons (Fsp3) is 0.529. The van der Waals surface area contributed by atoms with E-state index < -0.39 is 11.8 Å². The van der Waals surface area contributed by atoms with Crippen LogP contribution in [-0.4, -0.2) is 36.1 Å². The summed E-state index contributed by atoms with van der Waals surface area (Å²) in [6.45, 7) is 9.35. The van der Waals surface area contributed by atoms with Crippen molar-refractivity contribution in [2.75, 3.05) is 24.7 Å². The second kappa shape index (κ2) is 8.83. The van der Waals surface area contributed by atoms with Gasteiger partial charge in [-0.3, -0.25) is 9.59 Å². The average molecular weight is 322 g/mol.